The second-order valence-corrected chi connectivity index (χ2v) is 12.3. The van der Waals surface area contributed by atoms with Crippen molar-refractivity contribution in [2.24, 2.45) is 5.92 Å². The smallest absolute Gasteiger partial charge is 0.326 e. The fourth-order valence-electron chi connectivity index (χ4n) is 6.40. The Labute approximate surface area is 232 Å². The maximum absolute atomic E-state index is 13.4. The number of carboxylic acid groups (broad SMARTS) is 1. The molecule has 1 aliphatic heterocycles. The molecule has 6 heteroatoms. The molecule has 1 amide bonds. The lowest BCUT2D eigenvalue weighted by atomic mass is 9.84. The van der Waals surface area contributed by atoms with E-state index in [1.54, 1.807) is 11.8 Å². The molecule has 2 aromatic rings. The Morgan fingerprint density at radius 1 is 1.05 bits per heavy atom. The lowest BCUT2D eigenvalue weighted by Crippen LogP contribution is -2.41. The van der Waals surface area contributed by atoms with Crippen molar-refractivity contribution in [3.63, 3.8) is 0 Å². The van der Waals surface area contributed by atoms with Crippen LogP contribution in [0.3, 0.4) is 0 Å². The zero-order chi connectivity index (χ0) is 27.1. The monoisotopic (exact) mass is 536 g/mol. The predicted molar refractivity (Wildman–Crippen MR) is 158 cm³/mol. The molecule has 4 rings (SSSR count). The number of rotatable bonds is 11. The summed E-state index contributed by atoms with van der Waals surface area (Å²) in [4.78, 5) is 27.9. The zero-order valence-corrected chi connectivity index (χ0v) is 24.1. The second kappa shape index (κ2) is 13.7. The molecule has 3 unspecified atom stereocenters. The molecule has 3 atom stereocenters. The molecule has 1 aliphatic carbocycles. The average molecular weight is 537 g/mol. The van der Waals surface area contributed by atoms with E-state index < -0.39 is 12.0 Å². The molecular formula is C32H44N2O3S. The van der Waals surface area contributed by atoms with Gasteiger partial charge in [0.2, 0.25) is 0 Å². The van der Waals surface area contributed by atoms with Crippen LogP contribution in [0.4, 0.5) is 0 Å². The van der Waals surface area contributed by atoms with Gasteiger partial charge in [-0.05, 0) is 91.8 Å². The molecule has 206 valence electrons. The summed E-state index contributed by atoms with van der Waals surface area (Å²) in [7, 11) is 0. The molecule has 2 fully saturated rings. The van der Waals surface area contributed by atoms with Crippen LogP contribution in [0.15, 0.2) is 42.5 Å². The molecule has 38 heavy (non-hydrogen) atoms. The summed E-state index contributed by atoms with van der Waals surface area (Å²) in [5.74, 6) is 0.224. The Bertz CT molecular complexity index is 1100. The molecule has 2 aromatic carbocycles. The molecule has 2 aliphatic rings. The standard InChI is InChI=1S/C32H44N2O3S/c1-22-9-7-8-12-27(22)29-20-25(14-16-28(29)31(35)33-30(32(36)37)17-18-38-3)21-34-23(2)13-15-26(34)19-24-10-5-4-6-11-24/h7-9,12,14,16,20,23-24,26,30H,4-6,10-11,13,15,17-19,21H2,1-3H3,(H,33,35)(H,36,37). The van der Waals surface area contributed by atoms with E-state index in [1.807, 2.05) is 24.5 Å². The van der Waals surface area contributed by atoms with Crippen LogP contribution < -0.4 is 5.32 Å². The fourth-order valence-corrected chi connectivity index (χ4v) is 6.87. The molecule has 1 saturated carbocycles. The number of benzene rings is 2. The lowest BCUT2D eigenvalue weighted by Gasteiger charge is -2.32. The van der Waals surface area contributed by atoms with E-state index in [2.05, 4.69) is 48.3 Å². The van der Waals surface area contributed by atoms with Crippen LogP contribution in [0, 0.1) is 12.8 Å². The van der Waals surface area contributed by atoms with Gasteiger partial charge in [-0.1, -0.05) is 62.4 Å². The first kappa shape index (κ1) is 28.7. The quantitative estimate of drug-likeness (QED) is 0.326. The van der Waals surface area contributed by atoms with Crippen molar-refractivity contribution in [3.05, 3.63) is 59.2 Å². The minimum Gasteiger partial charge on any atom is -0.480 e. The Morgan fingerprint density at radius 2 is 1.82 bits per heavy atom. The van der Waals surface area contributed by atoms with Crippen LogP contribution in [0.1, 0.15) is 86.2 Å². The topological polar surface area (TPSA) is 69.6 Å². The number of hydrogen-bond acceptors (Lipinski definition) is 4. The number of carboxylic acids is 1. The summed E-state index contributed by atoms with van der Waals surface area (Å²) >= 11 is 1.58. The fraction of sp³-hybridized carbons (Fsp3) is 0.562. The molecule has 1 saturated heterocycles. The second-order valence-electron chi connectivity index (χ2n) is 11.3. The van der Waals surface area contributed by atoms with E-state index in [-0.39, 0.29) is 5.91 Å². The van der Waals surface area contributed by atoms with E-state index in [1.165, 1.54) is 56.9 Å². The number of nitrogens with zero attached hydrogens (tertiary/aromatic N) is 1. The molecule has 1 heterocycles. The highest BCUT2D eigenvalue weighted by atomic mass is 32.2. The first-order valence-corrected chi connectivity index (χ1v) is 15.7. The third kappa shape index (κ3) is 7.20. The van der Waals surface area contributed by atoms with E-state index in [4.69, 9.17) is 0 Å². The van der Waals surface area contributed by atoms with Gasteiger partial charge < -0.3 is 10.4 Å². The van der Waals surface area contributed by atoms with Gasteiger partial charge in [0.1, 0.15) is 6.04 Å². The highest BCUT2D eigenvalue weighted by molar-refractivity contribution is 7.98. The van der Waals surface area contributed by atoms with E-state index in [0.717, 1.165) is 29.2 Å². The molecule has 0 bridgehead atoms. The van der Waals surface area contributed by atoms with Crippen LogP contribution in [0.5, 0.6) is 0 Å². The van der Waals surface area contributed by atoms with Crippen molar-refractivity contribution in [1.29, 1.82) is 0 Å². The molecule has 5 nitrogen and oxygen atoms in total. The molecule has 0 radical (unpaired) electrons. The van der Waals surface area contributed by atoms with Crippen molar-refractivity contribution in [2.45, 2.75) is 96.3 Å². The number of hydrogen-bond donors (Lipinski definition) is 2. The highest BCUT2D eigenvalue weighted by Crippen LogP contribution is 2.36. The number of nitrogens with one attached hydrogen (secondary N) is 1. The van der Waals surface area contributed by atoms with Crippen LogP contribution in [-0.2, 0) is 11.3 Å². The minimum atomic E-state index is -0.992. The number of aryl methyl sites for hydroxylation is 1. The first-order valence-electron chi connectivity index (χ1n) is 14.3. The van der Waals surface area contributed by atoms with E-state index in [9.17, 15) is 14.7 Å². The van der Waals surface area contributed by atoms with Gasteiger partial charge >= 0.3 is 5.97 Å². The van der Waals surface area contributed by atoms with Gasteiger partial charge in [-0.25, -0.2) is 4.79 Å². The number of likely N-dealkylation sites (tertiary alicyclic amines) is 1. The Morgan fingerprint density at radius 3 is 2.53 bits per heavy atom. The van der Waals surface area contributed by atoms with Crippen molar-refractivity contribution in [2.75, 3.05) is 12.0 Å². The van der Waals surface area contributed by atoms with Crippen molar-refractivity contribution >= 4 is 23.6 Å². The summed E-state index contributed by atoms with van der Waals surface area (Å²) < 4.78 is 0. The minimum absolute atomic E-state index is 0.326. The summed E-state index contributed by atoms with van der Waals surface area (Å²) in [6.07, 6.45) is 13.1. The molecule has 2 N–H and O–H groups in total. The molecule has 0 aromatic heterocycles. The third-order valence-corrected chi connectivity index (χ3v) is 9.27. The maximum atomic E-state index is 13.4. The number of aliphatic carboxylic acids is 1. The maximum Gasteiger partial charge on any atom is 0.326 e. The number of amides is 1. The predicted octanol–water partition coefficient (Wildman–Crippen LogP) is 6.92. The van der Waals surface area contributed by atoms with Gasteiger partial charge in [0.25, 0.3) is 5.91 Å². The Balaban J connectivity index is 1.59. The van der Waals surface area contributed by atoms with E-state index >= 15 is 0 Å². The largest absolute Gasteiger partial charge is 0.480 e. The molecule has 0 spiro atoms. The van der Waals surface area contributed by atoms with Gasteiger partial charge in [-0.2, -0.15) is 11.8 Å². The average Bonchev–Trinajstić information content (AvgIpc) is 3.25. The summed E-state index contributed by atoms with van der Waals surface area (Å²) in [5.41, 5.74) is 4.73. The van der Waals surface area contributed by atoms with E-state index in [0.29, 0.717) is 29.8 Å². The van der Waals surface area contributed by atoms with Crippen LogP contribution in [0.25, 0.3) is 11.1 Å². The Kier molecular flexibility index (Phi) is 10.3. The number of carbonyl (C=O) groups is 2. The van der Waals surface area contributed by atoms with Crippen LogP contribution >= 0.6 is 11.8 Å². The van der Waals surface area contributed by atoms with Gasteiger partial charge in [0.05, 0.1) is 0 Å². The summed E-state index contributed by atoms with van der Waals surface area (Å²) in [5, 5.41) is 12.5. The van der Waals surface area contributed by atoms with Crippen LogP contribution in [-0.4, -0.2) is 52.0 Å². The number of carbonyl (C=O) groups excluding carboxylic acids is 1. The van der Waals surface area contributed by atoms with Crippen LogP contribution in [0.2, 0.25) is 0 Å². The summed E-state index contributed by atoms with van der Waals surface area (Å²) in [6.45, 7) is 5.29. The summed E-state index contributed by atoms with van der Waals surface area (Å²) in [6, 6.07) is 14.5. The van der Waals surface area contributed by atoms with Crippen molar-refractivity contribution < 1.29 is 14.7 Å². The van der Waals surface area contributed by atoms with Gasteiger partial charge in [-0.3, -0.25) is 9.69 Å². The Hall–Kier alpha value is -2.31. The normalized spacial score (nSPS) is 21.3. The highest BCUT2D eigenvalue weighted by Gasteiger charge is 2.33. The van der Waals surface area contributed by atoms with Gasteiger partial charge in [0, 0.05) is 24.2 Å². The lowest BCUT2D eigenvalue weighted by molar-refractivity contribution is -0.139. The van der Waals surface area contributed by atoms with Crippen molar-refractivity contribution in [3.8, 4) is 11.1 Å². The van der Waals surface area contributed by atoms with Crippen molar-refractivity contribution in [1.82, 2.24) is 10.2 Å². The third-order valence-electron chi connectivity index (χ3n) is 8.63. The van der Waals surface area contributed by atoms with Gasteiger partial charge in [-0.15, -0.1) is 0 Å². The zero-order valence-electron chi connectivity index (χ0n) is 23.2. The SMILES string of the molecule is CSCCC(NC(=O)c1ccc(CN2C(C)CCC2CC2CCCCC2)cc1-c1ccccc1C)C(=O)O. The number of thioether (sulfide) groups is 1. The first-order chi connectivity index (χ1) is 18.4. The van der Waals surface area contributed by atoms with Gasteiger partial charge in [0.15, 0.2) is 0 Å². The molecular weight excluding hydrogens is 492 g/mol.